The first-order chi connectivity index (χ1) is 14.3. The van der Waals surface area contributed by atoms with Crippen molar-refractivity contribution in [1.82, 2.24) is 19.7 Å². The summed E-state index contributed by atoms with van der Waals surface area (Å²) in [6, 6.07) is 16.8. The summed E-state index contributed by atoms with van der Waals surface area (Å²) in [5, 5.41) is 4.61. The van der Waals surface area contributed by atoms with Crippen LogP contribution in [0.4, 0.5) is 0 Å². The predicted molar refractivity (Wildman–Crippen MR) is 119 cm³/mol. The molecule has 0 fully saturated rings. The molecule has 2 aromatic carbocycles. The zero-order chi connectivity index (χ0) is 21.5. The lowest BCUT2D eigenvalue weighted by molar-refractivity contribution is 0.415. The van der Waals surface area contributed by atoms with Gasteiger partial charge in [-0.1, -0.05) is 39.0 Å². The average molecular weight is 402 g/mol. The number of ether oxygens (including phenoxy) is 1. The molecule has 6 heteroatoms. The van der Waals surface area contributed by atoms with Crippen LogP contribution in [0.3, 0.4) is 0 Å². The Balaban J connectivity index is 1.74. The van der Waals surface area contributed by atoms with Crippen LogP contribution in [0.1, 0.15) is 45.1 Å². The minimum Gasteiger partial charge on any atom is -0.497 e. The van der Waals surface area contributed by atoms with Crippen molar-refractivity contribution in [3.8, 4) is 17.0 Å². The van der Waals surface area contributed by atoms with E-state index < -0.39 is 0 Å². The molecule has 4 rings (SSSR count). The van der Waals surface area contributed by atoms with E-state index in [0.29, 0.717) is 11.5 Å². The topological polar surface area (TPSA) is 72.8 Å². The van der Waals surface area contributed by atoms with Gasteiger partial charge >= 0.3 is 0 Å². The Morgan fingerprint density at radius 3 is 2.60 bits per heavy atom. The van der Waals surface area contributed by atoms with E-state index in [1.807, 2.05) is 37.3 Å². The standard InChI is InChI=1S/C24H26N4O2/c1-15(23-25-20-10-9-17(24(2,3)4)14-21(20)26-23)28-22(29)12-11-19(27-28)16-7-6-8-18(13-16)30-5/h6-15H,1-5H3,(H,25,26). The molecule has 0 aliphatic heterocycles. The zero-order valence-electron chi connectivity index (χ0n) is 17.9. The number of methoxy groups -OCH3 is 1. The molecular formula is C24H26N4O2. The third-order valence-electron chi connectivity index (χ3n) is 5.32. The fraction of sp³-hybridized carbons (Fsp3) is 0.292. The summed E-state index contributed by atoms with van der Waals surface area (Å²) in [7, 11) is 1.63. The van der Waals surface area contributed by atoms with Gasteiger partial charge in [0.1, 0.15) is 17.6 Å². The molecule has 0 aliphatic rings. The predicted octanol–water partition coefficient (Wildman–Crippen LogP) is 4.70. The third kappa shape index (κ3) is 3.73. The van der Waals surface area contributed by atoms with E-state index in [9.17, 15) is 4.79 Å². The second-order valence-corrected chi connectivity index (χ2v) is 8.51. The normalized spacial score (nSPS) is 12.8. The number of H-pyrrole nitrogens is 1. The van der Waals surface area contributed by atoms with Crippen LogP contribution in [0.25, 0.3) is 22.3 Å². The number of nitrogens with one attached hydrogen (secondary N) is 1. The highest BCUT2D eigenvalue weighted by Crippen LogP contribution is 2.27. The minimum absolute atomic E-state index is 0.0502. The summed E-state index contributed by atoms with van der Waals surface area (Å²) in [5.41, 5.74) is 4.52. The van der Waals surface area contributed by atoms with Crippen molar-refractivity contribution in [3.63, 3.8) is 0 Å². The summed E-state index contributed by atoms with van der Waals surface area (Å²) in [6.07, 6.45) is 0. The highest BCUT2D eigenvalue weighted by Gasteiger charge is 2.18. The summed E-state index contributed by atoms with van der Waals surface area (Å²) >= 11 is 0. The van der Waals surface area contributed by atoms with Gasteiger partial charge in [-0.2, -0.15) is 5.10 Å². The van der Waals surface area contributed by atoms with Gasteiger partial charge in [-0.25, -0.2) is 9.67 Å². The number of rotatable bonds is 4. The Morgan fingerprint density at radius 1 is 1.07 bits per heavy atom. The van der Waals surface area contributed by atoms with Gasteiger partial charge in [0.25, 0.3) is 5.56 Å². The third-order valence-corrected chi connectivity index (χ3v) is 5.32. The second kappa shape index (κ2) is 7.44. The summed E-state index contributed by atoms with van der Waals surface area (Å²) < 4.78 is 6.77. The van der Waals surface area contributed by atoms with Crippen molar-refractivity contribution < 1.29 is 4.74 Å². The maximum atomic E-state index is 12.6. The van der Waals surface area contributed by atoms with Crippen molar-refractivity contribution in [1.29, 1.82) is 0 Å². The number of nitrogens with zero attached hydrogens (tertiary/aromatic N) is 3. The molecule has 0 spiro atoms. The highest BCUT2D eigenvalue weighted by molar-refractivity contribution is 5.76. The molecule has 2 aromatic heterocycles. The van der Waals surface area contributed by atoms with Crippen LogP contribution in [0.2, 0.25) is 0 Å². The van der Waals surface area contributed by atoms with E-state index in [1.54, 1.807) is 19.2 Å². The summed E-state index contributed by atoms with van der Waals surface area (Å²) in [5.74, 6) is 1.44. The van der Waals surface area contributed by atoms with Crippen LogP contribution in [0.15, 0.2) is 59.4 Å². The van der Waals surface area contributed by atoms with E-state index in [4.69, 9.17) is 9.72 Å². The monoisotopic (exact) mass is 402 g/mol. The number of benzene rings is 2. The number of fused-ring (bicyclic) bond motifs is 1. The molecule has 2 heterocycles. The maximum Gasteiger partial charge on any atom is 0.267 e. The van der Waals surface area contributed by atoms with Crippen molar-refractivity contribution in [2.45, 2.75) is 39.2 Å². The van der Waals surface area contributed by atoms with Crippen molar-refractivity contribution in [2.24, 2.45) is 0 Å². The van der Waals surface area contributed by atoms with Gasteiger partial charge in [0, 0.05) is 11.6 Å². The molecule has 1 atom stereocenters. The van der Waals surface area contributed by atoms with E-state index in [-0.39, 0.29) is 17.0 Å². The lowest BCUT2D eigenvalue weighted by Gasteiger charge is -2.18. The van der Waals surface area contributed by atoms with Gasteiger partial charge in [0.2, 0.25) is 0 Å². The number of hydrogen-bond acceptors (Lipinski definition) is 4. The molecule has 4 aromatic rings. The lowest BCUT2D eigenvalue weighted by Crippen LogP contribution is -2.26. The number of aromatic nitrogens is 4. The smallest absolute Gasteiger partial charge is 0.267 e. The van der Waals surface area contributed by atoms with Crippen LogP contribution < -0.4 is 10.3 Å². The van der Waals surface area contributed by atoms with Crippen LogP contribution in [0.5, 0.6) is 5.75 Å². The number of imidazole rings is 1. The van der Waals surface area contributed by atoms with Crippen molar-refractivity contribution >= 4 is 11.0 Å². The molecule has 1 unspecified atom stereocenters. The summed E-state index contributed by atoms with van der Waals surface area (Å²) in [4.78, 5) is 20.7. The first kappa shape index (κ1) is 19.9. The number of aromatic amines is 1. The second-order valence-electron chi connectivity index (χ2n) is 8.51. The van der Waals surface area contributed by atoms with Gasteiger partial charge in [-0.15, -0.1) is 0 Å². The van der Waals surface area contributed by atoms with Gasteiger partial charge in [0.15, 0.2) is 0 Å². The van der Waals surface area contributed by atoms with Crippen molar-refractivity contribution in [2.75, 3.05) is 7.11 Å². The lowest BCUT2D eigenvalue weighted by atomic mass is 9.87. The molecule has 154 valence electrons. The van der Waals surface area contributed by atoms with Crippen LogP contribution in [-0.2, 0) is 5.41 Å². The van der Waals surface area contributed by atoms with Crippen LogP contribution in [-0.4, -0.2) is 26.9 Å². The quantitative estimate of drug-likeness (QED) is 0.537. The Morgan fingerprint density at radius 2 is 1.87 bits per heavy atom. The molecule has 0 bridgehead atoms. The van der Waals surface area contributed by atoms with Crippen LogP contribution >= 0.6 is 0 Å². The summed E-state index contributed by atoms with van der Waals surface area (Å²) in [6.45, 7) is 8.47. The van der Waals surface area contributed by atoms with E-state index in [2.05, 4.69) is 43.0 Å². The first-order valence-corrected chi connectivity index (χ1v) is 10.0. The van der Waals surface area contributed by atoms with Crippen LogP contribution in [0, 0.1) is 0 Å². The molecule has 0 aliphatic carbocycles. The number of hydrogen-bond donors (Lipinski definition) is 1. The Kier molecular flexibility index (Phi) is 4.94. The molecule has 0 radical (unpaired) electrons. The first-order valence-electron chi connectivity index (χ1n) is 10.0. The molecule has 1 N–H and O–H groups in total. The Labute approximate surface area is 175 Å². The van der Waals surface area contributed by atoms with Gasteiger partial charge in [0.05, 0.1) is 23.8 Å². The Hall–Kier alpha value is -3.41. The van der Waals surface area contributed by atoms with Gasteiger partial charge < -0.3 is 9.72 Å². The highest BCUT2D eigenvalue weighted by atomic mass is 16.5. The molecule has 0 saturated carbocycles. The molecular weight excluding hydrogens is 376 g/mol. The fourth-order valence-electron chi connectivity index (χ4n) is 3.45. The van der Waals surface area contributed by atoms with Gasteiger partial charge in [-0.05, 0) is 48.2 Å². The largest absolute Gasteiger partial charge is 0.497 e. The molecule has 0 saturated heterocycles. The van der Waals surface area contributed by atoms with E-state index >= 15 is 0 Å². The van der Waals surface area contributed by atoms with Gasteiger partial charge in [-0.3, -0.25) is 4.79 Å². The average Bonchev–Trinajstić information content (AvgIpc) is 3.16. The SMILES string of the molecule is COc1cccc(-c2ccc(=O)n(C(C)c3nc4ccc(C(C)(C)C)cc4[nH]3)n2)c1. The Bertz CT molecular complexity index is 1260. The molecule has 6 nitrogen and oxygen atoms in total. The van der Waals surface area contributed by atoms with E-state index in [0.717, 1.165) is 22.3 Å². The minimum atomic E-state index is -0.339. The fourth-order valence-corrected chi connectivity index (χ4v) is 3.45. The maximum absolute atomic E-state index is 12.6. The molecule has 30 heavy (non-hydrogen) atoms. The molecule has 0 amide bonds. The van der Waals surface area contributed by atoms with E-state index in [1.165, 1.54) is 10.2 Å². The zero-order valence-corrected chi connectivity index (χ0v) is 17.9. The van der Waals surface area contributed by atoms with Crippen molar-refractivity contribution in [3.05, 3.63) is 76.3 Å².